The molecule has 2 fully saturated rings. The Bertz CT molecular complexity index is 1480. The van der Waals surface area contributed by atoms with E-state index in [1.165, 1.54) is 7.05 Å². The Morgan fingerprint density at radius 2 is 2.06 bits per heavy atom. The normalized spacial score (nSPS) is 27.3. The topological polar surface area (TPSA) is 138 Å². The molecule has 2 unspecified atom stereocenters. The highest BCUT2D eigenvalue weighted by Gasteiger charge is 2.75. The van der Waals surface area contributed by atoms with E-state index in [4.69, 9.17) is 4.42 Å². The number of aromatic nitrogens is 4. The number of imidazole rings is 1. The average molecular weight is 458 g/mol. The van der Waals surface area contributed by atoms with Gasteiger partial charge < -0.3 is 29.8 Å². The summed E-state index contributed by atoms with van der Waals surface area (Å²) in [5.74, 6) is 6.65. The van der Waals surface area contributed by atoms with E-state index in [1.54, 1.807) is 17.9 Å². The number of benzene rings is 1. The molecule has 34 heavy (non-hydrogen) atoms. The van der Waals surface area contributed by atoms with E-state index in [1.807, 2.05) is 30.3 Å². The Kier molecular flexibility index (Phi) is 4.42. The molecule has 4 N–H and O–H groups in total. The van der Waals surface area contributed by atoms with Crippen molar-refractivity contribution in [2.75, 3.05) is 19.4 Å². The number of aliphatic hydroxyl groups excluding tert-OH is 2. The molecule has 0 aliphatic heterocycles. The Hall–Kier alpha value is -3.94. The fourth-order valence-corrected chi connectivity index (χ4v) is 5.31. The number of amides is 1. The first kappa shape index (κ1) is 20.7. The molecular formula is C24H22N6O4. The molecule has 1 amide bonds. The van der Waals surface area contributed by atoms with Crippen LogP contribution in [0.2, 0.25) is 0 Å². The van der Waals surface area contributed by atoms with Gasteiger partial charge in [0, 0.05) is 31.5 Å². The van der Waals surface area contributed by atoms with Gasteiger partial charge in [0.1, 0.15) is 11.7 Å². The molecule has 10 heteroatoms. The summed E-state index contributed by atoms with van der Waals surface area (Å²) in [4.78, 5) is 26.0. The first-order valence-electron chi connectivity index (χ1n) is 11.0. The quantitative estimate of drug-likeness (QED) is 0.334. The second kappa shape index (κ2) is 7.28. The molecule has 2 aliphatic rings. The zero-order chi connectivity index (χ0) is 23.6. The summed E-state index contributed by atoms with van der Waals surface area (Å²) in [7, 11) is 3.26. The highest BCUT2D eigenvalue weighted by Crippen LogP contribution is 2.67. The Morgan fingerprint density at radius 1 is 1.24 bits per heavy atom. The van der Waals surface area contributed by atoms with Crippen LogP contribution < -0.4 is 10.6 Å². The Morgan fingerprint density at radius 3 is 2.82 bits per heavy atom. The van der Waals surface area contributed by atoms with Gasteiger partial charge in [-0.1, -0.05) is 18.2 Å². The predicted octanol–water partition coefficient (Wildman–Crippen LogP) is 1.04. The van der Waals surface area contributed by atoms with Crippen LogP contribution in [0.4, 0.5) is 5.82 Å². The third kappa shape index (κ3) is 2.77. The van der Waals surface area contributed by atoms with E-state index in [-0.39, 0.29) is 17.6 Å². The van der Waals surface area contributed by atoms with E-state index >= 15 is 0 Å². The maximum Gasteiger partial charge on any atom is 0.229 e. The van der Waals surface area contributed by atoms with Crippen molar-refractivity contribution in [3.63, 3.8) is 0 Å². The summed E-state index contributed by atoms with van der Waals surface area (Å²) in [5.41, 5.74) is 0.730. The first-order chi connectivity index (χ1) is 16.5. The lowest BCUT2D eigenvalue weighted by molar-refractivity contribution is -0.132. The maximum absolute atomic E-state index is 12.5. The summed E-state index contributed by atoms with van der Waals surface area (Å²) in [6.07, 6.45) is -0.252. The largest absolute Gasteiger partial charge is 0.448 e. The number of aliphatic hydroxyl groups is 2. The van der Waals surface area contributed by atoms with Crippen molar-refractivity contribution >= 4 is 33.9 Å². The number of fused-ring (bicyclic) bond motifs is 3. The molecule has 1 aromatic carbocycles. The van der Waals surface area contributed by atoms with Crippen LogP contribution in [0.1, 0.15) is 24.0 Å². The van der Waals surface area contributed by atoms with E-state index in [9.17, 15) is 15.0 Å². The fourth-order valence-electron chi connectivity index (χ4n) is 5.31. The summed E-state index contributed by atoms with van der Waals surface area (Å²) in [6.45, 7) is 0. The lowest BCUT2D eigenvalue weighted by atomic mass is 9.98. The molecule has 172 valence electrons. The monoisotopic (exact) mass is 458 g/mol. The minimum absolute atomic E-state index is 0.229. The van der Waals surface area contributed by atoms with Gasteiger partial charge in [-0.25, -0.2) is 15.0 Å². The molecule has 6 rings (SSSR count). The zero-order valence-corrected chi connectivity index (χ0v) is 18.5. The van der Waals surface area contributed by atoms with Gasteiger partial charge in [0.05, 0.1) is 23.9 Å². The highest BCUT2D eigenvalue weighted by atomic mass is 16.3. The molecular weight excluding hydrogens is 436 g/mol. The lowest BCUT2D eigenvalue weighted by Crippen LogP contribution is -2.41. The Balaban J connectivity index is 1.41. The number of hydrogen-bond donors (Lipinski definition) is 4. The number of nitrogens with zero attached hydrogens (tertiary/aromatic N) is 4. The summed E-state index contributed by atoms with van der Waals surface area (Å²) < 4.78 is 7.48. The minimum atomic E-state index is -1.17. The zero-order valence-electron chi connectivity index (χ0n) is 18.5. The van der Waals surface area contributed by atoms with Crippen LogP contribution in [-0.4, -0.2) is 61.9 Å². The van der Waals surface area contributed by atoms with Gasteiger partial charge in [-0.15, -0.1) is 0 Å². The molecule has 5 atom stereocenters. The summed E-state index contributed by atoms with van der Waals surface area (Å²) in [5, 5.41) is 28.1. The van der Waals surface area contributed by atoms with Crippen LogP contribution in [0.25, 0.3) is 22.1 Å². The SMILES string of the molecule is CNC(=O)C12CC1[C@@H](n1cnc3c(NC)nc(C#Cc4cc5ccccc5o4)nc31)[C@H](O)[C@@H]2O. The highest BCUT2D eigenvalue weighted by molar-refractivity contribution is 5.88. The second-order valence-corrected chi connectivity index (χ2v) is 8.72. The molecule has 2 saturated carbocycles. The van der Waals surface area contributed by atoms with E-state index in [0.29, 0.717) is 29.2 Å². The van der Waals surface area contributed by atoms with E-state index in [0.717, 1.165) is 11.0 Å². The first-order valence-corrected chi connectivity index (χ1v) is 11.0. The smallest absolute Gasteiger partial charge is 0.229 e. The van der Waals surface area contributed by atoms with Crippen molar-refractivity contribution in [1.29, 1.82) is 0 Å². The Labute approximate surface area is 194 Å². The van der Waals surface area contributed by atoms with Crippen LogP contribution in [-0.2, 0) is 4.79 Å². The number of rotatable bonds is 3. The number of nitrogens with one attached hydrogen (secondary N) is 2. The van der Waals surface area contributed by atoms with E-state index < -0.39 is 23.7 Å². The molecule has 4 aromatic rings. The van der Waals surface area contributed by atoms with Crippen molar-refractivity contribution in [3.05, 3.63) is 48.2 Å². The van der Waals surface area contributed by atoms with Gasteiger partial charge in [-0.2, -0.15) is 0 Å². The number of hydrogen-bond acceptors (Lipinski definition) is 8. The lowest BCUT2D eigenvalue weighted by Gasteiger charge is -2.23. The van der Waals surface area contributed by atoms with Crippen LogP contribution in [0.5, 0.6) is 0 Å². The number of anilines is 1. The molecule has 3 heterocycles. The fraction of sp³-hybridized carbons (Fsp3) is 0.333. The van der Waals surface area contributed by atoms with Crippen molar-refractivity contribution in [2.45, 2.75) is 24.7 Å². The van der Waals surface area contributed by atoms with Crippen molar-refractivity contribution in [1.82, 2.24) is 24.8 Å². The van der Waals surface area contributed by atoms with Crippen LogP contribution >= 0.6 is 0 Å². The van der Waals surface area contributed by atoms with Crippen molar-refractivity contribution in [2.24, 2.45) is 11.3 Å². The molecule has 0 radical (unpaired) electrons. The number of carbonyl (C=O) groups excluding carboxylic acids is 1. The van der Waals surface area contributed by atoms with Crippen molar-refractivity contribution < 1.29 is 19.4 Å². The number of furan rings is 1. The summed E-state index contributed by atoms with van der Waals surface area (Å²) >= 11 is 0. The van der Waals surface area contributed by atoms with Gasteiger partial charge in [0.15, 0.2) is 22.7 Å². The van der Waals surface area contributed by atoms with Gasteiger partial charge in [0.2, 0.25) is 11.7 Å². The second-order valence-electron chi connectivity index (χ2n) is 8.72. The average Bonchev–Trinajstić information content (AvgIpc) is 3.13. The molecule has 10 nitrogen and oxygen atoms in total. The predicted molar refractivity (Wildman–Crippen MR) is 123 cm³/mol. The number of carbonyl (C=O) groups is 1. The van der Waals surface area contributed by atoms with Gasteiger partial charge in [0.25, 0.3) is 0 Å². The van der Waals surface area contributed by atoms with Crippen LogP contribution in [0, 0.1) is 23.2 Å². The third-order valence-corrected chi connectivity index (χ3v) is 7.02. The minimum Gasteiger partial charge on any atom is -0.448 e. The van der Waals surface area contributed by atoms with Crippen LogP contribution in [0.3, 0.4) is 0 Å². The third-order valence-electron chi connectivity index (χ3n) is 7.02. The van der Waals surface area contributed by atoms with Crippen LogP contribution in [0.15, 0.2) is 41.1 Å². The standard InChI is InChI=1S/C24H22N6O4/c1-25-21-17-22(29-16(28-21)8-7-13-9-12-5-3-4-6-15(12)34-13)30(11-27-17)18-14-10-24(14,23(33)26-2)20(32)19(18)31/h3-6,9,11,14,18-20,31-32H,10H2,1-2H3,(H,26,33)(H,25,28,29)/t14?,18-,19+,20+,24?/m1/s1. The van der Waals surface area contributed by atoms with E-state index in [2.05, 4.69) is 37.4 Å². The number of para-hydroxylation sites is 1. The van der Waals surface area contributed by atoms with Gasteiger partial charge in [-0.05, 0) is 24.3 Å². The summed E-state index contributed by atoms with van der Waals surface area (Å²) in [6, 6.07) is 8.95. The molecule has 3 aromatic heterocycles. The molecule has 0 bridgehead atoms. The van der Waals surface area contributed by atoms with Gasteiger partial charge >= 0.3 is 0 Å². The van der Waals surface area contributed by atoms with Gasteiger partial charge in [-0.3, -0.25) is 4.79 Å². The molecule has 0 saturated heterocycles. The van der Waals surface area contributed by atoms with Crippen molar-refractivity contribution in [3.8, 4) is 11.8 Å². The maximum atomic E-state index is 12.5. The molecule has 2 aliphatic carbocycles. The molecule has 0 spiro atoms.